The van der Waals surface area contributed by atoms with E-state index in [4.69, 9.17) is 0 Å². The minimum atomic E-state index is -3.15. The minimum absolute atomic E-state index is 0.0244. The van der Waals surface area contributed by atoms with E-state index >= 15 is 0 Å². The molecule has 158 valence electrons. The molecule has 1 heterocycles. The average Bonchev–Trinajstić information content (AvgIpc) is 2.65. The normalized spacial score (nSPS) is 12.6. The lowest BCUT2D eigenvalue weighted by Crippen LogP contribution is -2.12. The first-order chi connectivity index (χ1) is 13.6. The van der Waals surface area contributed by atoms with E-state index in [1.54, 1.807) is 19.1 Å². The van der Waals surface area contributed by atoms with E-state index in [0.717, 1.165) is 29.9 Å². The Bertz CT molecular complexity index is 974. The summed E-state index contributed by atoms with van der Waals surface area (Å²) in [7, 11) is -3.15. The van der Waals surface area contributed by atoms with Crippen LogP contribution in [-0.4, -0.2) is 37.7 Å². The van der Waals surface area contributed by atoms with Gasteiger partial charge in [-0.3, -0.25) is 4.79 Å². The van der Waals surface area contributed by atoms with E-state index in [-0.39, 0.29) is 18.0 Å². The number of nitrogens with zero attached hydrogens (tertiary/aromatic N) is 1. The molecule has 0 aliphatic carbocycles. The van der Waals surface area contributed by atoms with Gasteiger partial charge < -0.3 is 5.32 Å². The van der Waals surface area contributed by atoms with E-state index in [0.29, 0.717) is 24.0 Å². The van der Waals surface area contributed by atoms with Crippen LogP contribution in [0, 0.1) is 12.7 Å². The topological polar surface area (TPSA) is 76.1 Å². The number of aryl methyl sites for hydroxylation is 3. The van der Waals surface area contributed by atoms with E-state index in [1.165, 1.54) is 6.07 Å². The van der Waals surface area contributed by atoms with Crippen molar-refractivity contribution in [2.24, 2.45) is 0 Å². The Hall–Kier alpha value is -2.28. The van der Waals surface area contributed by atoms with E-state index in [1.807, 2.05) is 26.0 Å². The zero-order chi connectivity index (χ0) is 21.6. The predicted molar refractivity (Wildman–Crippen MR) is 115 cm³/mol. The Labute approximate surface area is 172 Å². The lowest BCUT2D eigenvalue weighted by atomic mass is 9.92. The van der Waals surface area contributed by atoms with Gasteiger partial charge in [0.15, 0.2) is 0 Å². The Balaban J connectivity index is 2.04. The van der Waals surface area contributed by atoms with Crippen LogP contribution in [0.15, 0.2) is 30.3 Å². The van der Waals surface area contributed by atoms with Crippen LogP contribution in [0.1, 0.15) is 48.6 Å². The number of hydrogen-bond donors (Lipinski definition) is 1. The number of carbonyl (C=O) groups is 1. The first kappa shape index (κ1) is 23.0. The van der Waals surface area contributed by atoms with Gasteiger partial charge in [0, 0.05) is 30.8 Å². The quantitative estimate of drug-likeness (QED) is 0.632. The van der Waals surface area contributed by atoms with Gasteiger partial charge in [0.25, 0.3) is 0 Å². The van der Waals surface area contributed by atoms with Crippen LogP contribution in [0.25, 0.3) is 0 Å². The Morgan fingerprint density at radius 2 is 1.86 bits per heavy atom. The van der Waals surface area contributed by atoms with Crippen LogP contribution in [-0.2, 0) is 27.5 Å². The molecule has 0 aliphatic rings. The predicted octanol–water partition coefficient (Wildman–Crippen LogP) is 3.85. The van der Waals surface area contributed by atoms with Crippen LogP contribution in [0.4, 0.5) is 10.2 Å². The fourth-order valence-corrected chi connectivity index (χ4v) is 3.69. The van der Waals surface area contributed by atoms with E-state index < -0.39 is 21.6 Å². The number of rotatable bonds is 10. The number of carbonyl (C=O) groups excluding carboxylic acids is 1. The summed E-state index contributed by atoms with van der Waals surface area (Å²) >= 11 is 0. The van der Waals surface area contributed by atoms with Crippen molar-refractivity contribution in [3.05, 3.63) is 58.5 Å². The number of pyridine rings is 1. The van der Waals surface area contributed by atoms with Gasteiger partial charge in [0.2, 0.25) is 0 Å². The number of hydrogen-bond acceptors (Lipinski definition) is 5. The highest BCUT2D eigenvalue weighted by Gasteiger charge is 2.18. The zero-order valence-electron chi connectivity index (χ0n) is 17.5. The molecule has 1 aromatic carbocycles. The van der Waals surface area contributed by atoms with E-state index in [2.05, 4.69) is 10.3 Å². The number of anilines is 1. The third-order valence-corrected chi connectivity index (χ3v) is 5.85. The number of benzene rings is 1. The summed E-state index contributed by atoms with van der Waals surface area (Å²) in [5.74, 6) is -0.181. The van der Waals surface area contributed by atoms with Gasteiger partial charge in [0.05, 0.1) is 5.75 Å². The molecule has 0 amide bonds. The molecular formula is C22H29FN2O3S. The first-order valence-corrected chi connectivity index (χ1v) is 11.9. The minimum Gasteiger partial charge on any atom is -0.370 e. The molecule has 1 atom stereocenters. The molecule has 2 rings (SSSR count). The molecule has 0 aliphatic heterocycles. The Morgan fingerprint density at radius 1 is 1.17 bits per heavy atom. The highest BCUT2D eigenvalue weighted by molar-refractivity contribution is 7.90. The monoisotopic (exact) mass is 420 g/mol. The van der Waals surface area contributed by atoms with Crippen LogP contribution >= 0.6 is 0 Å². The van der Waals surface area contributed by atoms with E-state index in [9.17, 15) is 17.6 Å². The standard InChI is InChI=1S/C22H29FN2O3S/c1-5-24-22-18(7-6-15(2)25-22)10-11-21(26)16(3)19-9-8-17(20(23)14-19)12-13-29(4,27)28/h6-9,14,16H,5,10-13H2,1-4H3,(H,24,25). The number of halogens is 1. The molecule has 5 nitrogen and oxygen atoms in total. The van der Waals surface area contributed by atoms with Gasteiger partial charge >= 0.3 is 0 Å². The summed E-state index contributed by atoms with van der Waals surface area (Å²) < 4.78 is 36.9. The first-order valence-electron chi connectivity index (χ1n) is 9.80. The summed E-state index contributed by atoms with van der Waals surface area (Å²) in [5, 5.41) is 3.22. The second kappa shape index (κ2) is 9.96. The zero-order valence-corrected chi connectivity index (χ0v) is 18.3. The van der Waals surface area contributed by atoms with Crippen molar-refractivity contribution in [3.8, 4) is 0 Å². The number of ketones is 1. The largest absolute Gasteiger partial charge is 0.370 e. The fourth-order valence-electron chi connectivity index (χ4n) is 3.10. The summed E-state index contributed by atoms with van der Waals surface area (Å²) in [4.78, 5) is 17.1. The molecule has 1 unspecified atom stereocenters. The van der Waals surface area contributed by atoms with Gasteiger partial charge in [-0.25, -0.2) is 17.8 Å². The third kappa shape index (κ3) is 6.92. The summed E-state index contributed by atoms with van der Waals surface area (Å²) in [6.07, 6.45) is 2.15. The molecule has 7 heteroatoms. The van der Waals surface area contributed by atoms with Gasteiger partial charge in [-0.15, -0.1) is 0 Å². The molecule has 0 saturated carbocycles. The molecule has 0 radical (unpaired) electrons. The Morgan fingerprint density at radius 3 is 2.48 bits per heavy atom. The summed E-state index contributed by atoms with van der Waals surface area (Å²) in [6.45, 7) is 6.44. The van der Waals surface area contributed by atoms with Crippen LogP contribution in [0.5, 0.6) is 0 Å². The van der Waals surface area contributed by atoms with Crippen LogP contribution in [0.3, 0.4) is 0 Å². The lowest BCUT2D eigenvalue weighted by molar-refractivity contribution is -0.120. The maximum atomic E-state index is 14.4. The number of aromatic nitrogens is 1. The van der Waals surface area contributed by atoms with Crippen molar-refractivity contribution in [2.75, 3.05) is 23.9 Å². The third-order valence-electron chi connectivity index (χ3n) is 4.91. The number of nitrogens with one attached hydrogen (secondary N) is 1. The van der Waals surface area contributed by atoms with Crippen molar-refractivity contribution < 1.29 is 17.6 Å². The van der Waals surface area contributed by atoms with Gasteiger partial charge in [-0.05, 0) is 55.5 Å². The SMILES string of the molecule is CCNc1nc(C)ccc1CCC(=O)C(C)c1ccc(CCS(C)(=O)=O)c(F)c1. The second-order valence-electron chi connectivity index (χ2n) is 7.41. The molecule has 29 heavy (non-hydrogen) atoms. The van der Waals surface area contributed by atoms with Gasteiger partial charge in [-0.2, -0.15) is 0 Å². The average molecular weight is 421 g/mol. The number of sulfone groups is 1. The fraction of sp³-hybridized carbons (Fsp3) is 0.455. The van der Waals surface area contributed by atoms with Crippen molar-refractivity contribution in [3.63, 3.8) is 0 Å². The van der Waals surface area contributed by atoms with Gasteiger partial charge in [-0.1, -0.05) is 25.1 Å². The second-order valence-corrected chi connectivity index (χ2v) is 9.67. The summed E-state index contributed by atoms with van der Waals surface area (Å²) in [6, 6.07) is 8.54. The van der Waals surface area contributed by atoms with Crippen molar-refractivity contribution in [1.82, 2.24) is 4.98 Å². The maximum Gasteiger partial charge on any atom is 0.147 e. The smallest absolute Gasteiger partial charge is 0.147 e. The van der Waals surface area contributed by atoms with Crippen molar-refractivity contribution >= 4 is 21.4 Å². The van der Waals surface area contributed by atoms with Crippen molar-refractivity contribution in [2.45, 2.75) is 46.0 Å². The van der Waals surface area contributed by atoms with Gasteiger partial charge in [0.1, 0.15) is 27.3 Å². The molecular weight excluding hydrogens is 391 g/mol. The summed E-state index contributed by atoms with van der Waals surface area (Å²) in [5.41, 5.74) is 2.85. The molecule has 0 fully saturated rings. The Kier molecular flexibility index (Phi) is 7.90. The highest BCUT2D eigenvalue weighted by Crippen LogP contribution is 2.23. The highest BCUT2D eigenvalue weighted by atomic mass is 32.2. The lowest BCUT2D eigenvalue weighted by Gasteiger charge is -2.14. The van der Waals surface area contributed by atoms with Crippen LogP contribution < -0.4 is 5.32 Å². The maximum absolute atomic E-state index is 14.4. The molecule has 1 N–H and O–H groups in total. The number of Topliss-reactive ketones (excluding diaryl/α,β-unsaturated/α-hetero) is 1. The molecule has 1 aromatic heterocycles. The molecule has 0 spiro atoms. The molecule has 2 aromatic rings. The molecule has 0 saturated heterocycles. The molecule has 0 bridgehead atoms. The van der Waals surface area contributed by atoms with Crippen LogP contribution in [0.2, 0.25) is 0 Å². The van der Waals surface area contributed by atoms with Crippen molar-refractivity contribution in [1.29, 1.82) is 0 Å².